The maximum Gasteiger partial charge on any atom is 0.251 e. The molecule has 1 aliphatic carbocycles. The van der Waals surface area contributed by atoms with Crippen molar-refractivity contribution >= 4 is 23.2 Å². The average Bonchev–Trinajstić information content (AvgIpc) is 3.55. The van der Waals surface area contributed by atoms with Gasteiger partial charge in [0.05, 0.1) is 6.54 Å². The molecule has 0 aromatic heterocycles. The quantitative estimate of drug-likeness (QED) is 0.577. The van der Waals surface area contributed by atoms with Crippen molar-refractivity contribution in [1.29, 1.82) is 0 Å². The lowest BCUT2D eigenvalue weighted by Gasteiger charge is -2.20. The molecule has 1 fully saturated rings. The molecule has 0 heterocycles. The highest BCUT2D eigenvalue weighted by Gasteiger charge is 2.23. The fourth-order valence-corrected chi connectivity index (χ4v) is 3.13. The van der Waals surface area contributed by atoms with E-state index < -0.39 is 0 Å². The molecule has 0 saturated heterocycles. The normalized spacial score (nSPS) is 13.2. The fraction of sp³-hybridized carbons (Fsp3) is 0.391. The van der Waals surface area contributed by atoms with E-state index in [2.05, 4.69) is 40.8 Å². The van der Waals surface area contributed by atoms with Crippen molar-refractivity contribution in [1.82, 2.24) is 10.2 Å². The van der Waals surface area contributed by atoms with Crippen molar-refractivity contribution in [3.05, 3.63) is 59.7 Å². The van der Waals surface area contributed by atoms with Gasteiger partial charge in [0.2, 0.25) is 5.91 Å². The molecule has 0 aliphatic heterocycles. The standard InChI is InChI=1S/C23H30N4O2/c1-3-27(4-2)16-18-8-5-6-11-21(18)24-15-22(28)25-20-10-7-9-17(14-20)23(29)26-19-12-13-19/h5-11,14,19,24H,3-4,12-13,15-16H2,1-2H3,(H,25,28)(H,26,29). The van der Waals surface area contributed by atoms with E-state index in [9.17, 15) is 9.59 Å². The van der Waals surface area contributed by atoms with Crippen molar-refractivity contribution in [2.45, 2.75) is 39.3 Å². The molecule has 2 aromatic carbocycles. The van der Waals surface area contributed by atoms with E-state index >= 15 is 0 Å². The minimum atomic E-state index is -0.151. The number of benzene rings is 2. The number of anilines is 2. The van der Waals surface area contributed by atoms with Crippen LogP contribution < -0.4 is 16.0 Å². The molecule has 3 rings (SSSR count). The summed E-state index contributed by atoms with van der Waals surface area (Å²) < 4.78 is 0. The fourth-order valence-electron chi connectivity index (χ4n) is 3.13. The summed E-state index contributed by atoms with van der Waals surface area (Å²) in [6, 6.07) is 15.4. The van der Waals surface area contributed by atoms with Crippen LogP contribution in [-0.4, -0.2) is 42.4 Å². The second-order valence-electron chi connectivity index (χ2n) is 7.35. The Bertz CT molecular complexity index is 844. The van der Waals surface area contributed by atoms with Crippen molar-refractivity contribution < 1.29 is 9.59 Å². The molecule has 154 valence electrons. The summed E-state index contributed by atoms with van der Waals surface area (Å²) in [5, 5.41) is 9.07. The van der Waals surface area contributed by atoms with Crippen LogP contribution in [0.4, 0.5) is 11.4 Å². The van der Waals surface area contributed by atoms with Crippen LogP contribution in [0.15, 0.2) is 48.5 Å². The lowest BCUT2D eigenvalue weighted by Crippen LogP contribution is -2.26. The number of nitrogens with one attached hydrogen (secondary N) is 3. The van der Waals surface area contributed by atoms with Crippen LogP contribution in [0.1, 0.15) is 42.6 Å². The third-order valence-corrected chi connectivity index (χ3v) is 5.07. The minimum absolute atomic E-state index is 0.0907. The molecule has 1 aliphatic rings. The van der Waals surface area contributed by atoms with Gasteiger partial charge in [0.1, 0.15) is 0 Å². The highest BCUT2D eigenvalue weighted by atomic mass is 16.2. The predicted molar refractivity (Wildman–Crippen MR) is 117 cm³/mol. The molecular formula is C23H30N4O2. The second-order valence-corrected chi connectivity index (χ2v) is 7.35. The number of nitrogens with zero attached hydrogens (tertiary/aromatic N) is 1. The first-order valence-electron chi connectivity index (χ1n) is 10.3. The molecule has 29 heavy (non-hydrogen) atoms. The summed E-state index contributed by atoms with van der Waals surface area (Å²) in [5.41, 5.74) is 3.32. The van der Waals surface area contributed by atoms with Crippen LogP contribution in [0, 0.1) is 0 Å². The summed E-state index contributed by atoms with van der Waals surface area (Å²) >= 11 is 0. The molecule has 1 saturated carbocycles. The van der Waals surface area contributed by atoms with Crippen molar-refractivity contribution in [2.75, 3.05) is 30.3 Å². The smallest absolute Gasteiger partial charge is 0.251 e. The molecule has 3 N–H and O–H groups in total. The van der Waals surface area contributed by atoms with Crippen LogP contribution in [0.3, 0.4) is 0 Å². The van der Waals surface area contributed by atoms with Crippen LogP contribution in [-0.2, 0) is 11.3 Å². The molecule has 0 unspecified atom stereocenters. The Labute approximate surface area is 172 Å². The monoisotopic (exact) mass is 394 g/mol. The number of para-hydroxylation sites is 1. The van der Waals surface area contributed by atoms with Gasteiger partial charge >= 0.3 is 0 Å². The SMILES string of the molecule is CCN(CC)Cc1ccccc1NCC(=O)Nc1cccc(C(=O)NC2CC2)c1. The first kappa shape index (κ1) is 20.9. The van der Waals surface area contributed by atoms with Gasteiger partial charge in [0.25, 0.3) is 5.91 Å². The van der Waals surface area contributed by atoms with E-state index in [1.807, 2.05) is 18.2 Å². The van der Waals surface area contributed by atoms with E-state index in [-0.39, 0.29) is 18.4 Å². The first-order chi connectivity index (χ1) is 14.1. The van der Waals surface area contributed by atoms with Crippen LogP contribution in [0.25, 0.3) is 0 Å². The number of rotatable bonds is 10. The Morgan fingerprint density at radius 3 is 2.52 bits per heavy atom. The van der Waals surface area contributed by atoms with Gasteiger partial charge in [0.15, 0.2) is 0 Å². The third-order valence-electron chi connectivity index (χ3n) is 5.07. The zero-order valence-electron chi connectivity index (χ0n) is 17.2. The van der Waals surface area contributed by atoms with Gasteiger partial charge in [-0.2, -0.15) is 0 Å². The number of hydrogen-bond acceptors (Lipinski definition) is 4. The van der Waals surface area contributed by atoms with Gasteiger partial charge in [-0.3, -0.25) is 14.5 Å². The van der Waals surface area contributed by atoms with Gasteiger partial charge < -0.3 is 16.0 Å². The zero-order valence-corrected chi connectivity index (χ0v) is 17.2. The summed E-state index contributed by atoms with van der Waals surface area (Å²) in [6.07, 6.45) is 2.09. The molecule has 2 amide bonds. The van der Waals surface area contributed by atoms with Gasteiger partial charge in [-0.15, -0.1) is 0 Å². The Balaban J connectivity index is 1.56. The zero-order chi connectivity index (χ0) is 20.6. The van der Waals surface area contributed by atoms with Gasteiger partial charge in [-0.25, -0.2) is 0 Å². The molecular weight excluding hydrogens is 364 g/mol. The highest BCUT2D eigenvalue weighted by molar-refractivity contribution is 5.98. The first-order valence-corrected chi connectivity index (χ1v) is 10.3. The van der Waals surface area contributed by atoms with E-state index in [1.165, 1.54) is 5.56 Å². The van der Waals surface area contributed by atoms with Crippen LogP contribution in [0.5, 0.6) is 0 Å². The Hall–Kier alpha value is -2.86. The Kier molecular flexibility index (Phi) is 7.25. The number of carbonyl (C=O) groups excluding carboxylic acids is 2. The van der Waals surface area contributed by atoms with Gasteiger partial charge in [-0.05, 0) is 55.8 Å². The molecule has 6 nitrogen and oxygen atoms in total. The molecule has 0 bridgehead atoms. The van der Waals surface area contributed by atoms with Crippen molar-refractivity contribution in [3.63, 3.8) is 0 Å². The summed E-state index contributed by atoms with van der Waals surface area (Å²) in [5.74, 6) is -0.241. The maximum absolute atomic E-state index is 12.4. The highest BCUT2D eigenvalue weighted by Crippen LogP contribution is 2.20. The topological polar surface area (TPSA) is 73.5 Å². The molecule has 0 radical (unpaired) electrons. The van der Waals surface area contributed by atoms with Gasteiger partial charge in [-0.1, -0.05) is 38.1 Å². The lowest BCUT2D eigenvalue weighted by atomic mass is 10.1. The number of hydrogen-bond donors (Lipinski definition) is 3. The van der Waals surface area contributed by atoms with E-state index in [4.69, 9.17) is 0 Å². The van der Waals surface area contributed by atoms with Crippen LogP contribution in [0.2, 0.25) is 0 Å². The molecule has 6 heteroatoms. The van der Waals surface area contributed by atoms with Gasteiger partial charge in [0, 0.05) is 29.5 Å². The maximum atomic E-state index is 12.4. The predicted octanol–water partition coefficient (Wildman–Crippen LogP) is 3.47. The Morgan fingerprint density at radius 2 is 1.79 bits per heavy atom. The summed E-state index contributed by atoms with van der Waals surface area (Å²) in [4.78, 5) is 26.9. The molecule has 0 spiro atoms. The van der Waals surface area contributed by atoms with E-state index in [0.29, 0.717) is 17.3 Å². The minimum Gasteiger partial charge on any atom is -0.376 e. The number of carbonyl (C=O) groups is 2. The summed E-state index contributed by atoms with van der Waals surface area (Å²) in [7, 11) is 0. The average molecular weight is 395 g/mol. The largest absolute Gasteiger partial charge is 0.376 e. The second kappa shape index (κ2) is 10.1. The van der Waals surface area contributed by atoms with Crippen molar-refractivity contribution in [3.8, 4) is 0 Å². The third kappa shape index (κ3) is 6.32. The van der Waals surface area contributed by atoms with Crippen LogP contribution >= 0.6 is 0 Å². The Morgan fingerprint density at radius 1 is 1.03 bits per heavy atom. The molecule has 0 atom stereocenters. The summed E-state index contributed by atoms with van der Waals surface area (Å²) in [6.45, 7) is 7.26. The molecule has 2 aromatic rings. The van der Waals surface area contributed by atoms with E-state index in [1.54, 1.807) is 24.3 Å². The van der Waals surface area contributed by atoms with E-state index in [0.717, 1.165) is 38.2 Å². The lowest BCUT2D eigenvalue weighted by molar-refractivity contribution is -0.114. The number of amides is 2. The van der Waals surface area contributed by atoms with Crippen molar-refractivity contribution in [2.24, 2.45) is 0 Å².